The summed E-state index contributed by atoms with van der Waals surface area (Å²) < 4.78 is 0. The average molecular weight is 148 g/mol. The maximum Gasteiger partial charge on any atom is 0.156 e. The molecule has 0 aliphatic heterocycles. The SMILES string of the molecule is CC(=O)C1=C(C)C2C=CC1C2. The van der Waals surface area contributed by atoms with E-state index >= 15 is 0 Å². The first-order valence-corrected chi connectivity index (χ1v) is 4.10. The van der Waals surface area contributed by atoms with E-state index in [-0.39, 0.29) is 5.78 Å². The minimum Gasteiger partial charge on any atom is -0.295 e. The molecule has 0 heterocycles. The second-order valence-electron chi connectivity index (χ2n) is 3.49. The standard InChI is InChI=1S/C10H12O/c1-6-8-3-4-9(5-8)10(6)7(2)11/h3-4,8-9H,5H2,1-2H3. The van der Waals surface area contributed by atoms with Gasteiger partial charge in [0.05, 0.1) is 0 Å². The van der Waals surface area contributed by atoms with Crippen molar-refractivity contribution in [1.29, 1.82) is 0 Å². The van der Waals surface area contributed by atoms with Crippen molar-refractivity contribution in [2.45, 2.75) is 20.3 Å². The fourth-order valence-electron chi connectivity index (χ4n) is 2.27. The van der Waals surface area contributed by atoms with Crippen LogP contribution in [0.4, 0.5) is 0 Å². The lowest BCUT2D eigenvalue weighted by Gasteiger charge is -2.08. The van der Waals surface area contributed by atoms with Crippen LogP contribution in [0.3, 0.4) is 0 Å². The summed E-state index contributed by atoms with van der Waals surface area (Å²) in [7, 11) is 0. The number of ketones is 1. The van der Waals surface area contributed by atoms with Gasteiger partial charge in [-0.3, -0.25) is 4.79 Å². The lowest BCUT2D eigenvalue weighted by molar-refractivity contribution is -0.113. The first kappa shape index (κ1) is 6.84. The lowest BCUT2D eigenvalue weighted by Crippen LogP contribution is -2.05. The largest absolute Gasteiger partial charge is 0.295 e. The van der Waals surface area contributed by atoms with Crippen LogP contribution in [0.1, 0.15) is 20.3 Å². The molecule has 2 bridgehead atoms. The molecule has 0 spiro atoms. The highest BCUT2D eigenvalue weighted by atomic mass is 16.1. The summed E-state index contributed by atoms with van der Waals surface area (Å²) in [5, 5.41) is 0. The zero-order valence-electron chi connectivity index (χ0n) is 6.92. The van der Waals surface area contributed by atoms with Gasteiger partial charge in [-0.2, -0.15) is 0 Å². The molecule has 1 heteroatoms. The Morgan fingerprint density at radius 1 is 1.45 bits per heavy atom. The topological polar surface area (TPSA) is 17.1 Å². The second-order valence-corrected chi connectivity index (χ2v) is 3.49. The van der Waals surface area contributed by atoms with Crippen LogP contribution in [0.2, 0.25) is 0 Å². The van der Waals surface area contributed by atoms with Crippen molar-refractivity contribution in [2.75, 3.05) is 0 Å². The van der Waals surface area contributed by atoms with Crippen molar-refractivity contribution in [2.24, 2.45) is 11.8 Å². The zero-order valence-corrected chi connectivity index (χ0v) is 6.92. The zero-order chi connectivity index (χ0) is 8.01. The number of carbonyl (C=O) groups excluding carboxylic acids is 1. The van der Waals surface area contributed by atoms with Gasteiger partial charge in [-0.15, -0.1) is 0 Å². The fraction of sp³-hybridized carbons (Fsp3) is 0.500. The van der Waals surface area contributed by atoms with Gasteiger partial charge in [0.25, 0.3) is 0 Å². The Bertz CT molecular complexity index is 271. The van der Waals surface area contributed by atoms with Gasteiger partial charge in [0.15, 0.2) is 5.78 Å². The van der Waals surface area contributed by atoms with Crippen LogP contribution in [-0.4, -0.2) is 5.78 Å². The Morgan fingerprint density at radius 2 is 2.09 bits per heavy atom. The van der Waals surface area contributed by atoms with E-state index in [0.717, 1.165) is 12.0 Å². The average Bonchev–Trinajstić information content (AvgIpc) is 2.44. The third-order valence-electron chi connectivity index (χ3n) is 2.81. The Hall–Kier alpha value is -0.850. The van der Waals surface area contributed by atoms with Gasteiger partial charge in [-0.1, -0.05) is 17.7 Å². The molecule has 0 aromatic heterocycles. The van der Waals surface area contributed by atoms with E-state index in [1.807, 2.05) is 0 Å². The van der Waals surface area contributed by atoms with Gasteiger partial charge < -0.3 is 0 Å². The van der Waals surface area contributed by atoms with E-state index in [2.05, 4.69) is 19.1 Å². The summed E-state index contributed by atoms with van der Waals surface area (Å²) in [6.45, 7) is 3.76. The van der Waals surface area contributed by atoms with Crippen molar-refractivity contribution in [1.82, 2.24) is 0 Å². The smallest absolute Gasteiger partial charge is 0.156 e. The van der Waals surface area contributed by atoms with Gasteiger partial charge in [-0.05, 0) is 26.2 Å². The summed E-state index contributed by atoms with van der Waals surface area (Å²) in [4.78, 5) is 11.2. The summed E-state index contributed by atoms with van der Waals surface area (Å²) in [6, 6.07) is 0. The summed E-state index contributed by atoms with van der Waals surface area (Å²) in [5.74, 6) is 1.30. The molecule has 0 amide bonds. The van der Waals surface area contributed by atoms with Gasteiger partial charge in [0.2, 0.25) is 0 Å². The molecule has 58 valence electrons. The number of hydrogen-bond donors (Lipinski definition) is 0. The third-order valence-corrected chi connectivity index (χ3v) is 2.81. The summed E-state index contributed by atoms with van der Waals surface area (Å²) in [5.41, 5.74) is 2.39. The van der Waals surface area contributed by atoms with Crippen molar-refractivity contribution < 1.29 is 4.79 Å². The Kier molecular flexibility index (Phi) is 1.28. The number of Topliss-reactive ketones (excluding diaryl/α,β-unsaturated/α-hetero) is 1. The molecule has 0 N–H and O–H groups in total. The van der Waals surface area contributed by atoms with Crippen LogP contribution in [-0.2, 0) is 4.79 Å². The number of rotatable bonds is 1. The molecule has 2 aliphatic carbocycles. The number of fused-ring (bicyclic) bond motifs is 2. The number of allylic oxidation sites excluding steroid dienone is 4. The minimum absolute atomic E-state index is 0.263. The molecule has 2 atom stereocenters. The maximum absolute atomic E-state index is 11.2. The van der Waals surface area contributed by atoms with Crippen molar-refractivity contribution >= 4 is 5.78 Å². The summed E-state index contributed by atoms with van der Waals surface area (Å²) in [6.07, 6.45) is 5.56. The molecule has 2 rings (SSSR count). The highest BCUT2D eigenvalue weighted by Gasteiger charge is 2.34. The predicted molar refractivity (Wildman–Crippen MR) is 44.1 cm³/mol. The number of carbonyl (C=O) groups is 1. The molecule has 11 heavy (non-hydrogen) atoms. The molecular weight excluding hydrogens is 136 g/mol. The highest BCUT2D eigenvalue weighted by Crippen LogP contribution is 2.43. The fourth-order valence-corrected chi connectivity index (χ4v) is 2.27. The van der Waals surface area contributed by atoms with Crippen molar-refractivity contribution in [3.05, 3.63) is 23.3 Å². The van der Waals surface area contributed by atoms with Crippen molar-refractivity contribution in [3.63, 3.8) is 0 Å². The van der Waals surface area contributed by atoms with Crippen LogP contribution in [0.15, 0.2) is 23.3 Å². The molecule has 2 aliphatic rings. The molecule has 0 saturated heterocycles. The molecule has 0 aromatic rings. The van der Waals surface area contributed by atoms with E-state index < -0.39 is 0 Å². The molecule has 1 nitrogen and oxygen atoms in total. The first-order chi connectivity index (χ1) is 5.20. The molecule has 0 radical (unpaired) electrons. The van der Waals surface area contributed by atoms with Crippen LogP contribution >= 0.6 is 0 Å². The van der Waals surface area contributed by atoms with E-state index in [0.29, 0.717) is 11.8 Å². The Balaban J connectivity index is 2.40. The minimum atomic E-state index is 0.263. The highest BCUT2D eigenvalue weighted by molar-refractivity contribution is 5.96. The molecule has 0 fully saturated rings. The van der Waals surface area contributed by atoms with Gasteiger partial charge >= 0.3 is 0 Å². The second kappa shape index (κ2) is 2.07. The number of hydrogen-bond acceptors (Lipinski definition) is 1. The monoisotopic (exact) mass is 148 g/mol. The van der Waals surface area contributed by atoms with E-state index in [9.17, 15) is 4.79 Å². The van der Waals surface area contributed by atoms with Crippen LogP contribution in [0.5, 0.6) is 0 Å². The lowest BCUT2D eigenvalue weighted by atomic mass is 9.96. The third kappa shape index (κ3) is 0.802. The van der Waals surface area contributed by atoms with Crippen molar-refractivity contribution in [3.8, 4) is 0 Å². The van der Waals surface area contributed by atoms with Gasteiger partial charge in [0.1, 0.15) is 0 Å². The van der Waals surface area contributed by atoms with Crippen LogP contribution < -0.4 is 0 Å². The first-order valence-electron chi connectivity index (χ1n) is 4.10. The Morgan fingerprint density at radius 3 is 2.45 bits per heavy atom. The maximum atomic E-state index is 11.2. The van der Waals surface area contributed by atoms with E-state index in [1.54, 1.807) is 6.92 Å². The van der Waals surface area contributed by atoms with Gasteiger partial charge in [0, 0.05) is 11.5 Å². The molecular formula is C10H12O. The molecule has 0 aromatic carbocycles. The van der Waals surface area contributed by atoms with E-state index in [4.69, 9.17) is 0 Å². The van der Waals surface area contributed by atoms with Crippen LogP contribution in [0.25, 0.3) is 0 Å². The van der Waals surface area contributed by atoms with Crippen LogP contribution in [0, 0.1) is 11.8 Å². The predicted octanol–water partition coefficient (Wildman–Crippen LogP) is 2.10. The van der Waals surface area contributed by atoms with E-state index in [1.165, 1.54) is 5.57 Å². The summed E-state index contributed by atoms with van der Waals surface area (Å²) >= 11 is 0. The quantitative estimate of drug-likeness (QED) is 0.520. The van der Waals surface area contributed by atoms with Gasteiger partial charge in [-0.25, -0.2) is 0 Å². The normalized spacial score (nSPS) is 33.6. The molecule has 0 saturated carbocycles. The molecule has 2 unspecified atom stereocenters. The Labute approximate surface area is 66.8 Å².